The van der Waals surface area contributed by atoms with Crippen LogP contribution in [0.2, 0.25) is 0 Å². The molecule has 16 heavy (non-hydrogen) atoms. The molecule has 1 heterocycles. The van der Waals surface area contributed by atoms with E-state index in [9.17, 15) is 13.2 Å². The van der Waals surface area contributed by atoms with E-state index < -0.39 is 12.7 Å². The molecule has 1 aromatic rings. The van der Waals surface area contributed by atoms with E-state index in [1.54, 1.807) is 6.92 Å². The van der Waals surface area contributed by atoms with Crippen LogP contribution in [0, 0.1) is 6.92 Å². The first-order valence-electron chi connectivity index (χ1n) is 4.75. The summed E-state index contributed by atoms with van der Waals surface area (Å²) in [5, 5.41) is 2.78. The number of nitrogens with zero attached hydrogens (tertiary/aromatic N) is 2. The number of aryl methyl sites for hydroxylation is 1. The van der Waals surface area contributed by atoms with Crippen LogP contribution in [0.3, 0.4) is 0 Å². The Morgan fingerprint density at radius 1 is 1.50 bits per heavy atom. The molecule has 0 bridgehead atoms. The van der Waals surface area contributed by atoms with Crippen molar-refractivity contribution < 1.29 is 17.9 Å². The first-order chi connectivity index (χ1) is 7.42. The van der Waals surface area contributed by atoms with Crippen molar-refractivity contribution in [3.05, 3.63) is 11.9 Å². The number of ether oxygens (including phenoxy) is 1. The number of aromatic nitrogens is 2. The molecule has 0 unspecified atom stereocenters. The van der Waals surface area contributed by atoms with Crippen LogP contribution >= 0.6 is 0 Å². The summed E-state index contributed by atoms with van der Waals surface area (Å²) < 4.78 is 42.5. The zero-order valence-corrected chi connectivity index (χ0v) is 9.14. The smallest absolute Gasteiger partial charge is 0.383 e. The minimum Gasteiger partial charge on any atom is -0.383 e. The molecule has 1 N–H and O–H groups in total. The molecule has 7 heteroatoms. The quantitative estimate of drug-likeness (QED) is 0.794. The molecule has 92 valence electrons. The Kier molecular flexibility index (Phi) is 4.17. The molecule has 0 aromatic carbocycles. The minimum absolute atomic E-state index is 0.215. The highest BCUT2D eigenvalue weighted by molar-refractivity contribution is 5.28. The maximum absolute atomic E-state index is 12.2. The molecule has 0 aliphatic carbocycles. The van der Waals surface area contributed by atoms with Gasteiger partial charge in [-0.3, -0.25) is 0 Å². The largest absolute Gasteiger partial charge is 0.406 e. The van der Waals surface area contributed by atoms with Gasteiger partial charge in [-0.05, 0) is 6.92 Å². The van der Waals surface area contributed by atoms with Crippen molar-refractivity contribution in [2.75, 3.05) is 25.6 Å². The molecular weight excluding hydrogens is 223 g/mol. The Balaban J connectivity index is 2.67. The van der Waals surface area contributed by atoms with Gasteiger partial charge in [-0.25, -0.2) is 4.98 Å². The predicted molar refractivity (Wildman–Crippen MR) is 53.4 cm³/mol. The summed E-state index contributed by atoms with van der Waals surface area (Å²) >= 11 is 0. The van der Waals surface area contributed by atoms with Crippen molar-refractivity contribution in [2.24, 2.45) is 0 Å². The average Bonchev–Trinajstić information content (AvgIpc) is 2.44. The standard InChI is InChI=1S/C9H14F3N3O/c1-7-5-15(6-9(10,11)12)8(14-7)13-3-4-16-2/h5H,3-4,6H2,1-2H3,(H,13,14). The topological polar surface area (TPSA) is 39.1 Å². The molecule has 0 atom stereocenters. The van der Waals surface area contributed by atoms with E-state index in [1.165, 1.54) is 13.3 Å². The normalized spacial score (nSPS) is 11.8. The lowest BCUT2D eigenvalue weighted by atomic mass is 10.5. The summed E-state index contributed by atoms with van der Waals surface area (Å²) in [6.07, 6.45) is -2.88. The third-order valence-electron chi connectivity index (χ3n) is 1.84. The lowest BCUT2D eigenvalue weighted by Gasteiger charge is -2.11. The third-order valence-corrected chi connectivity index (χ3v) is 1.84. The molecule has 0 radical (unpaired) electrons. The van der Waals surface area contributed by atoms with Gasteiger partial charge in [-0.1, -0.05) is 0 Å². The van der Waals surface area contributed by atoms with E-state index in [-0.39, 0.29) is 5.95 Å². The lowest BCUT2D eigenvalue weighted by Crippen LogP contribution is -2.20. The SMILES string of the molecule is COCCNc1nc(C)cn1CC(F)(F)F. The van der Waals surface area contributed by atoms with Crippen LogP contribution in [0.25, 0.3) is 0 Å². The fourth-order valence-corrected chi connectivity index (χ4v) is 1.27. The Labute approximate surface area is 91.4 Å². The summed E-state index contributed by atoms with van der Waals surface area (Å²) in [7, 11) is 1.52. The molecule has 0 saturated carbocycles. The van der Waals surface area contributed by atoms with Crippen molar-refractivity contribution in [3.63, 3.8) is 0 Å². The van der Waals surface area contributed by atoms with Crippen LogP contribution in [0.5, 0.6) is 0 Å². The van der Waals surface area contributed by atoms with E-state index in [0.717, 1.165) is 4.57 Å². The maximum Gasteiger partial charge on any atom is 0.406 e. The lowest BCUT2D eigenvalue weighted by molar-refractivity contribution is -0.140. The van der Waals surface area contributed by atoms with Gasteiger partial charge in [0.1, 0.15) is 6.54 Å². The zero-order chi connectivity index (χ0) is 12.2. The van der Waals surface area contributed by atoms with Gasteiger partial charge in [0.25, 0.3) is 0 Å². The minimum atomic E-state index is -4.25. The highest BCUT2D eigenvalue weighted by Gasteiger charge is 2.29. The van der Waals surface area contributed by atoms with Crippen molar-refractivity contribution in [2.45, 2.75) is 19.6 Å². The van der Waals surface area contributed by atoms with Gasteiger partial charge < -0.3 is 14.6 Å². The zero-order valence-electron chi connectivity index (χ0n) is 9.14. The van der Waals surface area contributed by atoms with Crippen LogP contribution in [0.15, 0.2) is 6.20 Å². The van der Waals surface area contributed by atoms with E-state index >= 15 is 0 Å². The van der Waals surface area contributed by atoms with E-state index in [4.69, 9.17) is 4.74 Å². The van der Waals surface area contributed by atoms with Crippen LogP contribution in [0.4, 0.5) is 19.1 Å². The van der Waals surface area contributed by atoms with Crippen molar-refractivity contribution in [1.82, 2.24) is 9.55 Å². The predicted octanol–water partition coefficient (Wildman–Crippen LogP) is 1.81. The van der Waals surface area contributed by atoms with E-state index in [1.807, 2.05) is 0 Å². The molecule has 0 aliphatic heterocycles. The fraction of sp³-hybridized carbons (Fsp3) is 0.667. The van der Waals surface area contributed by atoms with Gasteiger partial charge in [0.05, 0.1) is 12.3 Å². The van der Waals surface area contributed by atoms with E-state index in [0.29, 0.717) is 18.8 Å². The summed E-state index contributed by atoms with van der Waals surface area (Å²) in [5.41, 5.74) is 0.546. The summed E-state index contributed by atoms with van der Waals surface area (Å²) in [5.74, 6) is 0.215. The number of hydrogen-bond donors (Lipinski definition) is 1. The molecule has 0 aliphatic rings. The number of rotatable bonds is 5. The van der Waals surface area contributed by atoms with Gasteiger partial charge in [0.2, 0.25) is 5.95 Å². The molecule has 0 fully saturated rings. The number of halogens is 3. The highest BCUT2D eigenvalue weighted by Crippen LogP contribution is 2.20. The second kappa shape index (κ2) is 5.20. The third kappa shape index (κ3) is 4.09. The van der Waals surface area contributed by atoms with Gasteiger partial charge in [-0.15, -0.1) is 0 Å². The Bertz CT molecular complexity index is 335. The van der Waals surface area contributed by atoms with Crippen molar-refractivity contribution in [1.29, 1.82) is 0 Å². The Hall–Kier alpha value is -1.24. The first kappa shape index (κ1) is 12.8. The molecular formula is C9H14F3N3O. The van der Waals surface area contributed by atoms with Crippen LogP contribution in [-0.4, -0.2) is 36.0 Å². The molecule has 0 saturated heterocycles. The van der Waals surface area contributed by atoms with Gasteiger partial charge in [0, 0.05) is 19.9 Å². The highest BCUT2D eigenvalue weighted by atomic mass is 19.4. The average molecular weight is 237 g/mol. The van der Waals surface area contributed by atoms with Crippen molar-refractivity contribution >= 4 is 5.95 Å². The number of imidazole rings is 1. The van der Waals surface area contributed by atoms with Gasteiger partial charge >= 0.3 is 6.18 Å². The number of hydrogen-bond acceptors (Lipinski definition) is 3. The first-order valence-corrected chi connectivity index (χ1v) is 4.75. The summed E-state index contributed by atoms with van der Waals surface area (Å²) in [4.78, 5) is 3.96. The molecule has 4 nitrogen and oxygen atoms in total. The summed E-state index contributed by atoms with van der Waals surface area (Å²) in [6, 6.07) is 0. The van der Waals surface area contributed by atoms with Crippen molar-refractivity contribution in [3.8, 4) is 0 Å². The maximum atomic E-state index is 12.2. The second-order valence-electron chi connectivity index (χ2n) is 3.37. The number of nitrogens with one attached hydrogen (secondary N) is 1. The molecule has 0 amide bonds. The number of alkyl halides is 3. The summed E-state index contributed by atoms with van der Waals surface area (Å²) in [6.45, 7) is 1.44. The second-order valence-corrected chi connectivity index (χ2v) is 3.37. The van der Waals surface area contributed by atoms with Crippen LogP contribution in [-0.2, 0) is 11.3 Å². The molecule has 1 aromatic heterocycles. The van der Waals surface area contributed by atoms with Gasteiger partial charge in [-0.2, -0.15) is 13.2 Å². The Morgan fingerprint density at radius 2 is 2.19 bits per heavy atom. The fourth-order valence-electron chi connectivity index (χ4n) is 1.27. The number of anilines is 1. The molecule has 0 spiro atoms. The van der Waals surface area contributed by atoms with Crippen LogP contribution in [0.1, 0.15) is 5.69 Å². The monoisotopic (exact) mass is 237 g/mol. The van der Waals surface area contributed by atoms with Crippen LogP contribution < -0.4 is 5.32 Å². The van der Waals surface area contributed by atoms with Gasteiger partial charge in [0.15, 0.2) is 0 Å². The Morgan fingerprint density at radius 3 is 2.75 bits per heavy atom. The number of methoxy groups -OCH3 is 1. The van der Waals surface area contributed by atoms with E-state index in [2.05, 4.69) is 10.3 Å². The molecule has 1 rings (SSSR count).